The Morgan fingerprint density at radius 3 is 2.59 bits per heavy atom. The maximum absolute atomic E-state index is 12.7. The number of nitrogens with zero attached hydrogens (tertiary/aromatic N) is 4. The number of hydrogen-bond donors (Lipinski definition) is 1. The van der Waals surface area contributed by atoms with Gasteiger partial charge in [-0.1, -0.05) is 37.6 Å². The van der Waals surface area contributed by atoms with E-state index >= 15 is 0 Å². The lowest BCUT2D eigenvalue weighted by Gasteiger charge is -2.10. The minimum atomic E-state index is -0.295. The van der Waals surface area contributed by atoms with Gasteiger partial charge < -0.3 is 9.88 Å². The van der Waals surface area contributed by atoms with Crippen molar-refractivity contribution in [2.24, 2.45) is 7.05 Å². The quantitative estimate of drug-likeness (QED) is 0.514. The number of pyridine rings is 1. The molecule has 7 heteroatoms. The molecule has 1 aromatic carbocycles. The smallest absolute Gasteiger partial charge is 0.258 e. The van der Waals surface area contributed by atoms with Crippen LogP contribution in [0.15, 0.2) is 55.0 Å². The summed E-state index contributed by atoms with van der Waals surface area (Å²) in [5.74, 6) is 0.143. The molecule has 0 saturated carbocycles. The van der Waals surface area contributed by atoms with Gasteiger partial charge in [0.25, 0.3) is 5.91 Å². The van der Waals surface area contributed by atoms with E-state index in [1.165, 1.54) is 11.8 Å². The van der Waals surface area contributed by atoms with Crippen LogP contribution >= 0.6 is 11.6 Å². The second kappa shape index (κ2) is 7.72. The van der Waals surface area contributed by atoms with Gasteiger partial charge in [-0.25, -0.2) is 9.67 Å². The number of carbonyl (C=O) groups is 1. The van der Waals surface area contributed by atoms with Gasteiger partial charge in [-0.3, -0.25) is 4.79 Å². The lowest BCUT2D eigenvalue weighted by atomic mass is 10.0. The highest BCUT2D eigenvalue weighted by atomic mass is 35.5. The van der Waals surface area contributed by atoms with Crippen molar-refractivity contribution >= 4 is 34.2 Å². The first-order valence-electron chi connectivity index (χ1n) is 9.45. The molecule has 148 valence electrons. The zero-order valence-electron chi connectivity index (χ0n) is 16.6. The van der Waals surface area contributed by atoms with E-state index in [1.54, 1.807) is 10.9 Å². The fourth-order valence-electron chi connectivity index (χ4n) is 3.24. The van der Waals surface area contributed by atoms with E-state index in [0.29, 0.717) is 34.1 Å². The fraction of sp³-hybridized carbons (Fsp3) is 0.227. The highest BCUT2D eigenvalue weighted by molar-refractivity contribution is 6.38. The normalized spacial score (nSPS) is 11.3. The Labute approximate surface area is 174 Å². The van der Waals surface area contributed by atoms with Crippen molar-refractivity contribution in [2.45, 2.75) is 26.3 Å². The van der Waals surface area contributed by atoms with Gasteiger partial charge in [0.15, 0.2) is 5.65 Å². The summed E-state index contributed by atoms with van der Waals surface area (Å²) in [5, 5.41) is 8.30. The number of aromatic nitrogens is 4. The first kappa shape index (κ1) is 19.2. The largest absolute Gasteiger partial charge is 0.353 e. The van der Waals surface area contributed by atoms with E-state index in [9.17, 15) is 4.79 Å². The molecule has 4 aromatic rings. The van der Waals surface area contributed by atoms with Gasteiger partial charge in [-0.15, -0.1) is 0 Å². The SMILES string of the molecule is CC(C)c1ccc(NC(=O)c2cnc3c(cnn3Cc3cccn3C)c2Cl)cc1. The summed E-state index contributed by atoms with van der Waals surface area (Å²) in [5.41, 5.74) is 4.00. The third kappa shape index (κ3) is 3.76. The molecule has 3 heterocycles. The molecular formula is C22H22ClN5O. The van der Waals surface area contributed by atoms with Crippen LogP contribution in [0.4, 0.5) is 5.69 Å². The Kier molecular flexibility index (Phi) is 5.11. The Morgan fingerprint density at radius 1 is 1.17 bits per heavy atom. The Balaban J connectivity index is 1.58. The van der Waals surface area contributed by atoms with Gasteiger partial charge in [-0.2, -0.15) is 5.10 Å². The molecule has 0 aliphatic heterocycles. The van der Waals surface area contributed by atoms with Crippen molar-refractivity contribution in [3.8, 4) is 0 Å². The molecule has 1 N–H and O–H groups in total. The van der Waals surface area contributed by atoms with E-state index in [4.69, 9.17) is 11.6 Å². The van der Waals surface area contributed by atoms with Crippen LogP contribution < -0.4 is 5.32 Å². The van der Waals surface area contributed by atoms with Gasteiger partial charge in [-0.05, 0) is 35.7 Å². The third-order valence-corrected chi connectivity index (χ3v) is 5.45. The highest BCUT2D eigenvalue weighted by Gasteiger charge is 2.17. The van der Waals surface area contributed by atoms with Crippen molar-refractivity contribution in [2.75, 3.05) is 5.32 Å². The Bertz CT molecular complexity index is 1170. The first-order valence-corrected chi connectivity index (χ1v) is 9.83. The molecule has 0 saturated heterocycles. The second-order valence-corrected chi connectivity index (χ2v) is 7.74. The highest BCUT2D eigenvalue weighted by Crippen LogP contribution is 2.27. The maximum atomic E-state index is 12.7. The average Bonchev–Trinajstić information content (AvgIpc) is 3.30. The fourth-order valence-corrected chi connectivity index (χ4v) is 3.50. The summed E-state index contributed by atoms with van der Waals surface area (Å²) in [6, 6.07) is 11.8. The lowest BCUT2D eigenvalue weighted by Crippen LogP contribution is -2.13. The van der Waals surface area contributed by atoms with Crippen molar-refractivity contribution in [3.05, 3.63) is 76.8 Å². The van der Waals surface area contributed by atoms with Crippen molar-refractivity contribution in [1.29, 1.82) is 0 Å². The standard InChI is InChI=1S/C22H22ClN5O/c1-14(2)15-6-8-16(9-7-15)26-22(29)19-11-24-21-18(20(19)23)12-25-28(21)13-17-5-4-10-27(17)3/h4-12,14H,13H2,1-3H3,(H,26,29). The number of hydrogen-bond acceptors (Lipinski definition) is 3. The monoisotopic (exact) mass is 407 g/mol. The van der Waals surface area contributed by atoms with E-state index < -0.39 is 0 Å². The number of fused-ring (bicyclic) bond motifs is 1. The van der Waals surface area contributed by atoms with Crippen LogP contribution in [0.5, 0.6) is 0 Å². The van der Waals surface area contributed by atoms with Crippen LogP contribution in [0.3, 0.4) is 0 Å². The predicted octanol–water partition coefficient (Wildman–Crippen LogP) is 4.85. The average molecular weight is 408 g/mol. The second-order valence-electron chi connectivity index (χ2n) is 7.37. The maximum Gasteiger partial charge on any atom is 0.258 e. The molecule has 0 bridgehead atoms. The van der Waals surface area contributed by atoms with Crippen LogP contribution in [0.1, 0.15) is 41.4 Å². The van der Waals surface area contributed by atoms with Crippen molar-refractivity contribution in [3.63, 3.8) is 0 Å². The summed E-state index contributed by atoms with van der Waals surface area (Å²) in [7, 11) is 1.98. The summed E-state index contributed by atoms with van der Waals surface area (Å²) in [4.78, 5) is 17.2. The molecular weight excluding hydrogens is 386 g/mol. The Hall–Kier alpha value is -3.12. The number of amides is 1. The van der Waals surface area contributed by atoms with E-state index in [1.807, 2.05) is 54.2 Å². The molecule has 0 unspecified atom stereocenters. The number of aryl methyl sites for hydroxylation is 1. The number of benzene rings is 1. The molecule has 6 nitrogen and oxygen atoms in total. The molecule has 0 radical (unpaired) electrons. The van der Waals surface area contributed by atoms with E-state index in [2.05, 4.69) is 29.2 Å². The van der Waals surface area contributed by atoms with Crippen LogP contribution in [0.25, 0.3) is 11.0 Å². The first-order chi connectivity index (χ1) is 13.9. The zero-order valence-corrected chi connectivity index (χ0v) is 17.3. The van der Waals surface area contributed by atoms with Gasteiger partial charge in [0, 0.05) is 30.8 Å². The third-order valence-electron chi connectivity index (χ3n) is 5.04. The van der Waals surface area contributed by atoms with Crippen LogP contribution in [-0.2, 0) is 13.6 Å². The predicted molar refractivity (Wildman–Crippen MR) is 116 cm³/mol. The summed E-state index contributed by atoms with van der Waals surface area (Å²) >= 11 is 6.54. The van der Waals surface area contributed by atoms with Crippen LogP contribution in [0.2, 0.25) is 5.02 Å². The molecule has 3 aromatic heterocycles. The molecule has 0 aliphatic carbocycles. The Morgan fingerprint density at radius 2 is 1.93 bits per heavy atom. The van der Waals surface area contributed by atoms with Gasteiger partial charge in [0.05, 0.1) is 28.7 Å². The van der Waals surface area contributed by atoms with Gasteiger partial charge in [0.2, 0.25) is 0 Å². The molecule has 29 heavy (non-hydrogen) atoms. The van der Waals surface area contributed by atoms with Crippen LogP contribution in [0, 0.1) is 0 Å². The number of nitrogens with one attached hydrogen (secondary N) is 1. The number of carbonyl (C=O) groups excluding carboxylic acids is 1. The van der Waals surface area contributed by atoms with Gasteiger partial charge >= 0.3 is 0 Å². The van der Waals surface area contributed by atoms with E-state index in [-0.39, 0.29) is 5.91 Å². The molecule has 4 rings (SSSR count). The van der Waals surface area contributed by atoms with Crippen molar-refractivity contribution < 1.29 is 4.79 Å². The topological polar surface area (TPSA) is 64.7 Å². The summed E-state index contributed by atoms with van der Waals surface area (Å²) in [6.07, 6.45) is 5.14. The zero-order chi connectivity index (χ0) is 20.5. The summed E-state index contributed by atoms with van der Waals surface area (Å²) in [6.45, 7) is 4.84. The molecule has 0 aliphatic rings. The minimum absolute atomic E-state index is 0.295. The molecule has 0 spiro atoms. The van der Waals surface area contributed by atoms with Crippen LogP contribution in [-0.4, -0.2) is 25.2 Å². The van der Waals surface area contributed by atoms with Gasteiger partial charge in [0.1, 0.15) is 0 Å². The number of rotatable bonds is 5. The minimum Gasteiger partial charge on any atom is -0.353 e. The number of halogens is 1. The molecule has 0 fully saturated rings. The molecule has 1 amide bonds. The summed E-state index contributed by atoms with van der Waals surface area (Å²) < 4.78 is 3.81. The lowest BCUT2D eigenvalue weighted by molar-refractivity contribution is 0.102. The number of anilines is 1. The molecule has 0 atom stereocenters. The van der Waals surface area contributed by atoms with Crippen molar-refractivity contribution in [1.82, 2.24) is 19.3 Å². The van der Waals surface area contributed by atoms with E-state index in [0.717, 1.165) is 11.4 Å².